The van der Waals surface area contributed by atoms with Crippen molar-refractivity contribution in [2.75, 3.05) is 13.1 Å². The Balaban J connectivity index is 1.35. The summed E-state index contributed by atoms with van der Waals surface area (Å²) in [6.45, 7) is 1.57. The monoisotopic (exact) mass is 359 g/mol. The van der Waals surface area contributed by atoms with Crippen LogP contribution in [0.3, 0.4) is 0 Å². The molecular formula is C19H22ClN3O2. The van der Waals surface area contributed by atoms with Crippen molar-refractivity contribution in [1.29, 1.82) is 0 Å². The van der Waals surface area contributed by atoms with Gasteiger partial charge in [0.1, 0.15) is 0 Å². The zero-order chi connectivity index (χ0) is 17.2. The summed E-state index contributed by atoms with van der Waals surface area (Å²) in [6.07, 6.45) is 5.58. The molecule has 1 saturated heterocycles. The van der Waals surface area contributed by atoms with Gasteiger partial charge in [0, 0.05) is 30.5 Å². The zero-order valence-corrected chi connectivity index (χ0v) is 14.9. The molecule has 2 heterocycles. The van der Waals surface area contributed by atoms with Crippen LogP contribution in [0.1, 0.15) is 48.9 Å². The number of carbonyl (C=O) groups excluding carboxylic acids is 1. The Bertz CT molecular complexity index is 757. The Morgan fingerprint density at radius 3 is 2.92 bits per heavy atom. The van der Waals surface area contributed by atoms with Crippen LogP contribution in [-0.4, -0.2) is 34.0 Å². The predicted octanol–water partition coefficient (Wildman–Crippen LogP) is 3.62. The number of hydrogen-bond acceptors (Lipinski definition) is 4. The van der Waals surface area contributed by atoms with Gasteiger partial charge in [-0.3, -0.25) is 4.79 Å². The van der Waals surface area contributed by atoms with E-state index in [0.717, 1.165) is 43.7 Å². The third kappa shape index (κ3) is 4.03. The maximum absolute atomic E-state index is 12.6. The smallest absolute Gasteiger partial charge is 0.227 e. The van der Waals surface area contributed by atoms with Crippen molar-refractivity contribution in [2.24, 2.45) is 5.92 Å². The minimum absolute atomic E-state index is 0.141. The lowest BCUT2D eigenvalue weighted by Gasteiger charge is -2.32. The van der Waals surface area contributed by atoms with Gasteiger partial charge in [-0.05, 0) is 43.2 Å². The third-order valence-electron chi connectivity index (χ3n) is 5.06. The lowest BCUT2D eigenvalue weighted by molar-refractivity contribution is -0.132. The van der Waals surface area contributed by atoms with E-state index in [1.807, 2.05) is 29.2 Å². The number of carbonyl (C=O) groups is 1. The van der Waals surface area contributed by atoms with Gasteiger partial charge in [0.2, 0.25) is 11.8 Å². The lowest BCUT2D eigenvalue weighted by atomic mass is 9.94. The largest absolute Gasteiger partial charge is 0.342 e. The molecule has 132 valence electrons. The van der Waals surface area contributed by atoms with Gasteiger partial charge in [-0.15, -0.1) is 0 Å². The molecule has 0 N–H and O–H groups in total. The zero-order valence-electron chi connectivity index (χ0n) is 14.2. The van der Waals surface area contributed by atoms with Crippen molar-refractivity contribution < 1.29 is 9.32 Å². The van der Waals surface area contributed by atoms with E-state index in [2.05, 4.69) is 10.1 Å². The molecule has 1 unspecified atom stereocenters. The molecule has 25 heavy (non-hydrogen) atoms. The number of piperidine rings is 1. The fourth-order valence-corrected chi connectivity index (χ4v) is 3.68. The highest BCUT2D eigenvalue weighted by Crippen LogP contribution is 2.38. The summed E-state index contributed by atoms with van der Waals surface area (Å²) in [4.78, 5) is 19.1. The summed E-state index contributed by atoms with van der Waals surface area (Å²) < 4.78 is 5.39. The molecule has 1 saturated carbocycles. The second kappa shape index (κ2) is 7.16. The summed E-state index contributed by atoms with van der Waals surface area (Å²) in [5, 5.41) is 4.74. The van der Waals surface area contributed by atoms with E-state index in [-0.39, 0.29) is 5.91 Å². The first-order chi connectivity index (χ1) is 12.2. The van der Waals surface area contributed by atoms with Gasteiger partial charge in [0.25, 0.3) is 0 Å². The van der Waals surface area contributed by atoms with Gasteiger partial charge in [-0.1, -0.05) is 35.0 Å². The number of halogens is 1. The first-order valence-corrected chi connectivity index (χ1v) is 9.40. The maximum Gasteiger partial charge on any atom is 0.227 e. The van der Waals surface area contributed by atoms with E-state index in [0.29, 0.717) is 29.2 Å². The highest BCUT2D eigenvalue weighted by molar-refractivity contribution is 6.31. The van der Waals surface area contributed by atoms with Gasteiger partial charge in [0.05, 0.1) is 6.42 Å². The highest BCUT2D eigenvalue weighted by Gasteiger charge is 2.30. The summed E-state index contributed by atoms with van der Waals surface area (Å²) >= 11 is 6.18. The molecule has 0 radical (unpaired) electrons. The average Bonchev–Trinajstić information content (AvgIpc) is 3.37. The molecule has 1 amide bonds. The Hall–Kier alpha value is -1.88. The number of benzene rings is 1. The SMILES string of the molecule is O=C(Cc1ccccc1Cl)N1CCCC(Cc2nc(C3CC3)no2)C1. The van der Waals surface area contributed by atoms with E-state index in [1.165, 1.54) is 12.8 Å². The number of rotatable bonds is 5. The van der Waals surface area contributed by atoms with Gasteiger partial charge < -0.3 is 9.42 Å². The number of hydrogen-bond donors (Lipinski definition) is 0. The molecule has 4 rings (SSSR count). The van der Waals surface area contributed by atoms with Crippen LogP contribution in [0, 0.1) is 5.92 Å². The summed E-state index contributed by atoms with van der Waals surface area (Å²) in [7, 11) is 0. The Labute approximate surface area is 152 Å². The van der Waals surface area contributed by atoms with E-state index >= 15 is 0 Å². The third-order valence-corrected chi connectivity index (χ3v) is 5.43. The Morgan fingerprint density at radius 1 is 1.28 bits per heavy atom. The van der Waals surface area contributed by atoms with Crippen LogP contribution in [0.4, 0.5) is 0 Å². The molecule has 1 atom stereocenters. The molecule has 1 aliphatic heterocycles. The summed E-state index contributed by atoms with van der Waals surface area (Å²) in [5.41, 5.74) is 0.891. The highest BCUT2D eigenvalue weighted by atomic mass is 35.5. The number of amides is 1. The van der Waals surface area contributed by atoms with Crippen LogP contribution in [0.5, 0.6) is 0 Å². The maximum atomic E-state index is 12.6. The van der Waals surface area contributed by atoms with Crippen LogP contribution < -0.4 is 0 Å². The second-order valence-electron chi connectivity index (χ2n) is 7.14. The van der Waals surface area contributed by atoms with Crippen LogP contribution in [0.2, 0.25) is 5.02 Å². The van der Waals surface area contributed by atoms with Gasteiger partial charge >= 0.3 is 0 Å². The van der Waals surface area contributed by atoms with Gasteiger partial charge in [-0.25, -0.2) is 0 Å². The van der Waals surface area contributed by atoms with Crippen molar-refractivity contribution in [3.05, 3.63) is 46.6 Å². The molecule has 1 aromatic heterocycles. The van der Waals surface area contributed by atoms with Gasteiger partial charge in [-0.2, -0.15) is 4.98 Å². The van der Waals surface area contributed by atoms with Crippen molar-refractivity contribution in [2.45, 2.75) is 44.4 Å². The standard InChI is InChI=1S/C19H22ClN3O2/c20-16-6-2-1-5-15(16)11-18(24)23-9-3-4-13(12-23)10-17-21-19(22-25-17)14-7-8-14/h1-2,5-6,13-14H,3-4,7-12H2. The molecular weight excluding hydrogens is 338 g/mol. The molecule has 0 spiro atoms. The van der Waals surface area contributed by atoms with Crippen molar-refractivity contribution in [3.8, 4) is 0 Å². The molecule has 2 aromatic rings. The first kappa shape index (κ1) is 16.6. The molecule has 2 aliphatic rings. The van der Waals surface area contributed by atoms with Crippen LogP contribution in [-0.2, 0) is 17.6 Å². The van der Waals surface area contributed by atoms with Crippen molar-refractivity contribution in [3.63, 3.8) is 0 Å². The molecule has 5 nitrogen and oxygen atoms in total. The van der Waals surface area contributed by atoms with Crippen molar-refractivity contribution in [1.82, 2.24) is 15.0 Å². The van der Waals surface area contributed by atoms with Crippen molar-refractivity contribution >= 4 is 17.5 Å². The number of nitrogens with zero attached hydrogens (tertiary/aromatic N) is 3. The van der Waals surface area contributed by atoms with Crippen LogP contribution in [0.25, 0.3) is 0 Å². The molecule has 2 fully saturated rings. The van der Waals surface area contributed by atoms with E-state index in [1.54, 1.807) is 0 Å². The first-order valence-electron chi connectivity index (χ1n) is 9.02. The summed E-state index contributed by atoms with van der Waals surface area (Å²) in [6, 6.07) is 7.55. The Kier molecular flexibility index (Phi) is 4.75. The van der Waals surface area contributed by atoms with E-state index in [9.17, 15) is 4.79 Å². The average molecular weight is 360 g/mol. The topological polar surface area (TPSA) is 59.2 Å². The normalized spacial score (nSPS) is 20.7. The number of likely N-dealkylation sites (tertiary alicyclic amines) is 1. The van der Waals surface area contributed by atoms with E-state index < -0.39 is 0 Å². The minimum atomic E-state index is 0.141. The molecule has 6 heteroatoms. The van der Waals surface area contributed by atoms with E-state index in [4.69, 9.17) is 16.1 Å². The quantitative estimate of drug-likeness (QED) is 0.818. The van der Waals surface area contributed by atoms with Crippen LogP contribution in [0.15, 0.2) is 28.8 Å². The number of aromatic nitrogens is 2. The molecule has 1 aromatic carbocycles. The second-order valence-corrected chi connectivity index (χ2v) is 7.55. The Morgan fingerprint density at radius 2 is 2.12 bits per heavy atom. The molecule has 0 bridgehead atoms. The minimum Gasteiger partial charge on any atom is -0.342 e. The predicted molar refractivity (Wildman–Crippen MR) is 94.4 cm³/mol. The van der Waals surface area contributed by atoms with Gasteiger partial charge in [0.15, 0.2) is 5.82 Å². The fraction of sp³-hybridized carbons (Fsp3) is 0.526. The lowest BCUT2D eigenvalue weighted by Crippen LogP contribution is -2.41. The molecule has 1 aliphatic carbocycles. The summed E-state index contributed by atoms with van der Waals surface area (Å²) in [5.74, 6) is 2.61. The fourth-order valence-electron chi connectivity index (χ4n) is 3.48. The van der Waals surface area contributed by atoms with Crippen LogP contribution >= 0.6 is 11.6 Å².